The molecule has 15 heavy (non-hydrogen) atoms. The van der Waals surface area contributed by atoms with Crippen molar-refractivity contribution < 1.29 is 4.39 Å². The Labute approximate surface area is 88.6 Å². The quantitative estimate of drug-likeness (QED) is 0.683. The van der Waals surface area contributed by atoms with Gasteiger partial charge in [-0.05, 0) is 12.1 Å². The SMILES string of the molecule is Fc1scnc1-c1nc2ccccc2[nH]1. The molecule has 0 spiro atoms. The van der Waals surface area contributed by atoms with Gasteiger partial charge >= 0.3 is 0 Å². The Bertz CT molecular complexity index is 581. The third kappa shape index (κ3) is 1.32. The van der Waals surface area contributed by atoms with Gasteiger partial charge in [-0.3, -0.25) is 0 Å². The number of aromatic amines is 1. The number of aromatic nitrogens is 3. The first-order valence-electron chi connectivity index (χ1n) is 4.39. The minimum absolute atomic E-state index is 0.288. The second kappa shape index (κ2) is 3.13. The smallest absolute Gasteiger partial charge is 0.207 e. The zero-order valence-corrected chi connectivity index (χ0v) is 8.38. The average molecular weight is 219 g/mol. The number of thiazole rings is 1. The molecule has 74 valence electrons. The summed E-state index contributed by atoms with van der Waals surface area (Å²) in [7, 11) is 0. The van der Waals surface area contributed by atoms with Crippen molar-refractivity contribution >= 4 is 22.4 Å². The number of hydrogen-bond donors (Lipinski definition) is 1. The molecule has 3 nitrogen and oxygen atoms in total. The lowest BCUT2D eigenvalue weighted by molar-refractivity contribution is 0.656. The largest absolute Gasteiger partial charge is 0.337 e. The highest BCUT2D eigenvalue weighted by Crippen LogP contribution is 2.23. The van der Waals surface area contributed by atoms with Crippen molar-refractivity contribution in [1.29, 1.82) is 0 Å². The van der Waals surface area contributed by atoms with Gasteiger partial charge in [0.15, 0.2) is 11.5 Å². The van der Waals surface area contributed by atoms with Gasteiger partial charge in [-0.15, -0.1) is 0 Å². The fraction of sp³-hybridized carbons (Fsp3) is 0. The van der Waals surface area contributed by atoms with E-state index in [4.69, 9.17) is 0 Å². The van der Waals surface area contributed by atoms with Crippen LogP contribution < -0.4 is 0 Å². The summed E-state index contributed by atoms with van der Waals surface area (Å²) >= 11 is 0.971. The molecule has 2 heterocycles. The van der Waals surface area contributed by atoms with E-state index in [0.29, 0.717) is 5.82 Å². The molecule has 0 saturated heterocycles. The van der Waals surface area contributed by atoms with Crippen molar-refractivity contribution in [3.8, 4) is 11.5 Å². The van der Waals surface area contributed by atoms with E-state index in [-0.39, 0.29) is 10.8 Å². The van der Waals surface area contributed by atoms with Crippen molar-refractivity contribution in [3.63, 3.8) is 0 Å². The van der Waals surface area contributed by atoms with Crippen LogP contribution in [0.3, 0.4) is 0 Å². The number of imidazole rings is 1. The number of halogens is 1. The normalized spacial score (nSPS) is 11.0. The standard InChI is InChI=1S/C10H6FN3S/c11-9-8(12-5-15-9)10-13-6-3-1-2-4-7(6)14-10/h1-5H,(H,13,14). The molecule has 5 heteroatoms. The van der Waals surface area contributed by atoms with Crippen molar-refractivity contribution in [2.24, 2.45) is 0 Å². The number of benzene rings is 1. The van der Waals surface area contributed by atoms with Gasteiger partial charge in [0.25, 0.3) is 0 Å². The number of nitrogens with one attached hydrogen (secondary N) is 1. The van der Waals surface area contributed by atoms with Crippen molar-refractivity contribution in [2.45, 2.75) is 0 Å². The van der Waals surface area contributed by atoms with Gasteiger partial charge in [-0.25, -0.2) is 9.97 Å². The molecule has 3 aromatic rings. The average Bonchev–Trinajstić information content (AvgIpc) is 2.82. The molecular weight excluding hydrogens is 213 g/mol. The van der Waals surface area contributed by atoms with Crippen LogP contribution in [0.2, 0.25) is 0 Å². The summed E-state index contributed by atoms with van der Waals surface area (Å²) in [5.41, 5.74) is 3.47. The molecule has 3 rings (SSSR count). The van der Waals surface area contributed by atoms with Crippen LogP contribution >= 0.6 is 11.3 Å². The number of rotatable bonds is 1. The lowest BCUT2D eigenvalue weighted by Gasteiger charge is -1.87. The third-order valence-corrected chi connectivity index (χ3v) is 2.75. The van der Waals surface area contributed by atoms with Gasteiger partial charge in [0.2, 0.25) is 5.13 Å². The summed E-state index contributed by atoms with van der Waals surface area (Å²) < 4.78 is 13.3. The molecule has 0 aliphatic rings. The van der Waals surface area contributed by atoms with E-state index in [9.17, 15) is 4.39 Å². The van der Waals surface area contributed by atoms with Crippen molar-refractivity contribution in [2.75, 3.05) is 0 Å². The van der Waals surface area contributed by atoms with Crippen LogP contribution in [0.5, 0.6) is 0 Å². The Balaban J connectivity index is 2.24. The topological polar surface area (TPSA) is 41.6 Å². The van der Waals surface area contributed by atoms with Gasteiger partial charge in [-0.2, -0.15) is 4.39 Å². The maximum atomic E-state index is 13.3. The first kappa shape index (κ1) is 8.55. The summed E-state index contributed by atoms with van der Waals surface area (Å²) in [5, 5.41) is -0.311. The predicted molar refractivity (Wildman–Crippen MR) is 57.2 cm³/mol. The first-order chi connectivity index (χ1) is 7.34. The fourth-order valence-electron chi connectivity index (χ4n) is 1.45. The molecule has 0 saturated carbocycles. The van der Waals surface area contributed by atoms with Crippen molar-refractivity contribution in [1.82, 2.24) is 15.0 Å². The molecule has 1 N–H and O–H groups in total. The molecule has 1 aromatic carbocycles. The number of para-hydroxylation sites is 2. The lowest BCUT2D eigenvalue weighted by Crippen LogP contribution is -1.82. The van der Waals surface area contributed by atoms with Crippen LogP contribution in [0.25, 0.3) is 22.6 Å². The second-order valence-corrected chi connectivity index (χ2v) is 3.88. The molecule has 0 fully saturated rings. The molecule has 0 radical (unpaired) electrons. The van der Waals surface area contributed by atoms with E-state index in [0.717, 1.165) is 22.4 Å². The van der Waals surface area contributed by atoms with Gasteiger partial charge in [0.1, 0.15) is 0 Å². The molecule has 0 unspecified atom stereocenters. The summed E-state index contributed by atoms with van der Waals surface area (Å²) in [6, 6.07) is 7.57. The lowest BCUT2D eigenvalue weighted by atomic mass is 10.3. The van der Waals surface area contributed by atoms with E-state index in [2.05, 4.69) is 15.0 Å². The third-order valence-electron chi connectivity index (χ3n) is 2.14. The Morgan fingerprint density at radius 1 is 1.27 bits per heavy atom. The summed E-state index contributed by atoms with van der Waals surface area (Å²) in [5.74, 6) is 0.481. The summed E-state index contributed by atoms with van der Waals surface area (Å²) in [6.07, 6.45) is 0. The minimum atomic E-state index is -0.311. The number of fused-ring (bicyclic) bond motifs is 1. The van der Waals surface area contributed by atoms with E-state index in [1.807, 2.05) is 24.3 Å². The number of nitrogens with zero attached hydrogens (tertiary/aromatic N) is 2. The maximum absolute atomic E-state index is 13.3. The van der Waals surface area contributed by atoms with Crippen LogP contribution in [0.4, 0.5) is 4.39 Å². The summed E-state index contributed by atoms with van der Waals surface area (Å²) in [6.45, 7) is 0. The Kier molecular flexibility index (Phi) is 1.78. The molecule has 0 amide bonds. The first-order valence-corrected chi connectivity index (χ1v) is 5.26. The van der Waals surface area contributed by atoms with Gasteiger partial charge in [0.05, 0.1) is 16.5 Å². The molecular formula is C10H6FN3S. The monoisotopic (exact) mass is 219 g/mol. The number of hydrogen-bond acceptors (Lipinski definition) is 3. The molecule has 0 aliphatic heterocycles. The van der Waals surface area contributed by atoms with Crippen LogP contribution in [0, 0.1) is 5.13 Å². The fourth-order valence-corrected chi connectivity index (χ4v) is 1.96. The second-order valence-electron chi connectivity index (χ2n) is 3.08. The van der Waals surface area contributed by atoms with E-state index >= 15 is 0 Å². The predicted octanol–water partition coefficient (Wildman–Crippen LogP) is 2.83. The van der Waals surface area contributed by atoms with E-state index < -0.39 is 0 Å². The van der Waals surface area contributed by atoms with Crippen molar-refractivity contribution in [3.05, 3.63) is 34.9 Å². The molecule has 0 aliphatic carbocycles. The Morgan fingerprint density at radius 2 is 2.13 bits per heavy atom. The van der Waals surface area contributed by atoms with E-state index in [1.54, 1.807) is 0 Å². The Morgan fingerprint density at radius 3 is 2.87 bits per heavy atom. The van der Waals surface area contributed by atoms with Crippen LogP contribution in [-0.4, -0.2) is 15.0 Å². The minimum Gasteiger partial charge on any atom is -0.337 e. The molecule has 2 aromatic heterocycles. The van der Waals surface area contributed by atoms with Crippen LogP contribution in [0.15, 0.2) is 29.8 Å². The summed E-state index contributed by atoms with van der Waals surface area (Å²) in [4.78, 5) is 11.2. The van der Waals surface area contributed by atoms with Crippen LogP contribution in [0.1, 0.15) is 0 Å². The van der Waals surface area contributed by atoms with Crippen LogP contribution in [-0.2, 0) is 0 Å². The zero-order valence-electron chi connectivity index (χ0n) is 7.57. The zero-order chi connectivity index (χ0) is 10.3. The highest BCUT2D eigenvalue weighted by molar-refractivity contribution is 7.08. The highest BCUT2D eigenvalue weighted by Gasteiger charge is 2.12. The number of H-pyrrole nitrogens is 1. The van der Waals surface area contributed by atoms with Gasteiger partial charge in [0, 0.05) is 0 Å². The Hall–Kier alpha value is -1.75. The molecule has 0 atom stereocenters. The van der Waals surface area contributed by atoms with Gasteiger partial charge in [-0.1, -0.05) is 23.5 Å². The molecule has 0 bridgehead atoms. The van der Waals surface area contributed by atoms with E-state index in [1.165, 1.54) is 5.51 Å². The van der Waals surface area contributed by atoms with Gasteiger partial charge < -0.3 is 4.98 Å². The maximum Gasteiger partial charge on any atom is 0.207 e. The highest BCUT2D eigenvalue weighted by atomic mass is 32.1.